The molecule has 0 aromatic carbocycles. The highest BCUT2D eigenvalue weighted by atomic mass is 32.2. The summed E-state index contributed by atoms with van der Waals surface area (Å²) in [7, 11) is -3.57. The van der Waals surface area contributed by atoms with Crippen molar-refractivity contribution in [1.82, 2.24) is 19.8 Å². The van der Waals surface area contributed by atoms with Crippen molar-refractivity contribution < 1.29 is 40.7 Å². The second-order valence-corrected chi connectivity index (χ2v) is 15.0. The molecule has 2 aliphatic rings. The fourth-order valence-electron chi connectivity index (χ4n) is 5.12. The zero-order valence-electron chi connectivity index (χ0n) is 23.7. The Morgan fingerprint density at radius 3 is 2.00 bits per heavy atom. The Morgan fingerprint density at radius 1 is 1.05 bits per heavy atom. The maximum absolute atomic E-state index is 13.7. The molecule has 14 heteroatoms. The molecule has 38 heavy (non-hydrogen) atoms. The van der Waals surface area contributed by atoms with E-state index in [-0.39, 0.29) is 21.6 Å². The summed E-state index contributed by atoms with van der Waals surface area (Å²) in [5, 5.41) is 5.17. The Labute approximate surface area is 223 Å². The Balaban J connectivity index is 2.25. The topological polar surface area (TPSA) is 125 Å². The summed E-state index contributed by atoms with van der Waals surface area (Å²) in [4.78, 5) is 40.8. The maximum atomic E-state index is 13.7. The largest absolute Gasteiger partial charge is 0.511 e. The van der Waals surface area contributed by atoms with Crippen LogP contribution in [0.3, 0.4) is 0 Å². The molecule has 0 aromatic rings. The van der Waals surface area contributed by atoms with Crippen LogP contribution in [0.4, 0.5) is 18.0 Å². The van der Waals surface area contributed by atoms with Crippen molar-refractivity contribution in [1.29, 1.82) is 0 Å². The highest BCUT2D eigenvalue weighted by Crippen LogP contribution is 2.65. The Kier molecular flexibility index (Phi) is 8.57. The van der Waals surface area contributed by atoms with Crippen LogP contribution in [0.1, 0.15) is 55.4 Å². The highest BCUT2D eigenvalue weighted by Gasteiger charge is 2.70. The standard InChI is InChI=1S/C24H41F3N4O6S/c1-21(2,3)14(12-30(9)38(35,36)24(25,26)27)28-20(34)29-17(22(4,5)6)18(32)31-11-13-15(23(13,7)8)16(31)19(33)37-10/h13-17H,11-12H2,1-10H3,(H2,28,29,34)/t13-,14+,15-,16?,17+/m0/s1. The second-order valence-electron chi connectivity index (χ2n) is 13.0. The van der Waals surface area contributed by atoms with Crippen molar-refractivity contribution in [2.45, 2.75) is 79.0 Å². The van der Waals surface area contributed by atoms with Crippen LogP contribution in [0.2, 0.25) is 0 Å². The number of sulfonamides is 1. The number of ether oxygens (including phenoxy) is 1. The van der Waals surface area contributed by atoms with Gasteiger partial charge in [-0.3, -0.25) is 4.79 Å². The molecular weight excluding hydrogens is 529 g/mol. The fourth-order valence-corrected chi connectivity index (χ4v) is 5.82. The molecule has 1 heterocycles. The quantitative estimate of drug-likeness (QED) is 0.454. The average molecular weight is 571 g/mol. The molecule has 2 N–H and O–H groups in total. The van der Waals surface area contributed by atoms with Crippen LogP contribution >= 0.6 is 0 Å². The summed E-state index contributed by atoms with van der Waals surface area (Å²) < 4.78 is 67.8. The summed E-state index contributed by atoms with van der Waals surface area (Å²) in [5.41, 5.74) is -7.26. The number of nitrogens with one attached hydrogen (secondary N) is 2. The number of hydrogen-bond donors (Lipinski definition) is 2. The first-order chi connectivity index (χ1) is 16.9. The number of fused-ring (bicyclic) bond motifs is 1. The van der Waals surface area contributed by atoms with Gasteiger partial charge in [0.1, 0.15) is 12.1 Å². The molecule has 5 atom stereocenters. The molecule has 1 aliphatic carbocycles. The maximum Gasteiger partial charge on any atom is 0.511 e. The SMILES string of the molecule is COC(=O)C1[C@@H]2[C@H](CN1C(=O)[C@@H](NC(=O)N[C@H](CN(C)S(=O)(=O)C(F)(F)F)C(C)(C)C)C(C)(C)C)C2(C)C. The third-order valence-corrected chi connectivity index (χ3v) is 9.37. The molecule has 3 amide bonds. The smallest absolute Gasteiger partial charge is 0.467 e. The minimum atomic E-state index is -5.61. The van der Waals surface area contributed by atoms with Gasteiger partial charge in [-0.25, -0.2) is 18.0 Å². The lowest BCUT2D eigenvalue weighted by atomic mass is 9.85. The molecule has 2 fully saturated rings. The number of esters is 1. The monoisotopic (exact) mass is 570 g/mol. The van der Waals surface area contributed by atoms with Crippen molar-refractivity contribution in [2.24, 2.45) is 28.1 Å². The zero-order chi connectivity index (χ0) is 29.8. The number of hydrogen-bond acceptors (Lipinski definition) is 6. The number of methoxy groups -OCH3 is 1. The van der Waals surface area contributed by atoms with E-state index in [4.69, 9.17) is 4.74 Å². The van der Waals surface area contributed by atoms with E-state index >= 15 is 0 Å². The van der Waals surface area contributed by atoms with E-state index in [1.165, 1.54) is 12.0 Å². The van der Waals surface area contributed by atoms with Crippen LogP contribution in [0.15, 0.2) is 0 Å². The number of urea groups is 1. The Bertz CT molecular complexity index is 1050. The first-order valence-corrected chi connectivity index (χ1v) is 13.8. The van der Waals surface area contributed by atoms with Crippen LogP contribution in [0.5, 0.6) is 0 Å². The van der Waals surface area contributed by atoms with Crippen molar-refractivity contribution in [3.05, 3.63) is 0 Å². The van der Waals surface area contributed by atoms with Gasteiger partial charge < -0.3 is 20.3 Å². The van der Waals surface area contributed by atoms with Crippen LogP contribution in [0, 0.1) is 28.1 Å². The molecule has 1 saturated carbocycles. The van der Waals surface area contributed by atoms with Crippen LogP contribution in [0.25, 0.3) is 0 Å². The summed E-state index contributed by atoms with van der Waals surface area (Å²) in [6.45, 7) is 13.8. The van der Waals surface area contributed by atoms with Gasteiger partial charge in [-0.15, -0.1) is 0 Å². The van der Waals surface area contributed by atoms with Crippen molar-refractivity contribution in [2.75, 3.05) is 27.2 Å². The first-order valence-electron chi connectivity index (χ1n) is 12.4. The van der Waals surface area contributed by atoms with E-state index in [0.29, 0.717) is 6.54 Å². The van der Waals surface area contributed by atoms with Crippen molar-refractivity contribution in [3.8, 4) is 0 Å². The lowest BCUT2D eigenvalue weighted by Gasteiger charge is -2.38. The lowest BCUT2D eigenvalue weighted by molar-refractivity contribution is -0.154. The summed E-state index contributed by atoms with van der Waals surface area (Å²) in [6.07, 6.45) is 0. The van der Waals surface area contributed by atoms with Gasteiger partial charge in [0.05, 0.1) is 7.11 Å². The predicted octanol–water partition coefficient (Wildman–Crippen LogP) is 2.55. The molecule has 0 radical (unpaired) electrons. The van der Waals surface area contributed by atoms with E-state index in [9.17, 15) is 36.0 Å². The van der Waals surface area contributed by atoms with Gasteiger partial charge in [-0.1, -0.05) is 55.4 Å². The number of alkyl halides is 3. The summed E-state index contributed by atoms with van der Waals surface area (Å²) >= 11 is 0. The molecule has 1 saturated heterocycles. The predicted molar refractivity (Wildman–Crippen MR) is 134 cm³/mol. The Morgan fingerprint density at radius 2 is 1.58 bits per heavy atom. The molecular formula is C24H41F3N4O6S. The van der Waals surface area contributed by atoms with Crippen molar-refractivity contribution in [3.63, 3.8) is 0 Å². The number of amides is 3. The normalized spacial score (nSPS) is 24.9. The summed E-state index contributed by atoms with van der Waals surface area (Å²) in [5.74, 6) is -0.962. The van der Waals surface area contributed by atoms with Gasteiger partial charge in [-0.2, -0.15) is 17.5 Å². The van der Waals surface area contributed by atoms with Crippen LogP contribution in [-0.2, 0) is 24.3 Å². The molecule has 1 unspecified atom stereocenters. The summed E-state index contributed by atoms with van der Waals surface area (Å²) in [6, 6.07) is -3.77. The number of piperidine rings is 1. The van der Waals surface area contributed by atoms with Gasteiger partial charge in [0.25, 0.3) is 0 Å². The number of halogens is 3. The number of carbonyl (C=O) groups excluding carboxylic acids is 3. The third kappa shape index (κ3) is 6.21. The fraction of sp³-hybridized carbons (Fsp3) is 0.875. The first kappa shape index (κ1) is 32.1. The third-order valence-electron chi connectivity index (χ3n) is 7.82. The number of carbonyl (C=O) groups is 3. The number of likely N-dealkylation sites (N-methyl/N-ethyl adjacent to an activating group) is 1. The number of likely N-dealkylation sites (tertiary alicyclic amines) is 1. The molecule has 10 nitrogen and oxygen atoms in total. The lowest BCUT2D eigenvalue weighted by Crippen LogP contribution is -2.61. The van der Waals surface area contributed by atoms with Gasteiger partial charge in [0.2, 0.25) is 5.91 Å². The highest BCUT2D eigenvalue weighted by molar-refractivity contribution is 7.89. The van der Waals surface area contributed by atoms with Crippen molar-refractivity contribution >= 4 is 27.9 Å². The zero-order valence-corrected chi connectivity index (χ0v) is 24.5. The van der Waals surface area contributed by atoms with E-state index in [2.05, 4.69) is 10.6 Å². The average Bonchev–Trinajstić information content (AvgIpc) is 3.07. The van der Waals surface area contributed by atoms with E-state index in [0.717, 1.165) is 7.05 Å². The van der Waals surface area contributed by atoms with E-state index in [1.54, 1.807) is 41.5 Å². The molecule has 0 spiro atoms. The molecule has 0 bridgehead atoms. The second kappa shape index (κ2) is 10.1. The molecule has 1 aliphatic heterocycles. The minimum Gasteiger partial charge on any atom is -0.467 e. The van der Waals surface area contributed by atoms with Gasteiger partial charge in [-0.05, 0) is 22.2 Å². The number of nitrogens with zero attached hydrogens (tertiary/aromatic N) is 2. The molecule has 2 rings (SSSR count). The molecule has 220 valence electrons. The minimum absolute atomic E-state index is 0.0651. The van der Waals surface area contributed by atoms with E-state index < -0.39 is 68.9 Å². The van der Waals surface area contributed by atoms with E-state index in [1.807, 2.05) is 13.8 Å². The Hall–Kier alpha value is -2.09. The van der Waals surface area contributed by atoms with Gasteiger partial charge in [0, 0.05) is 32.1 Å². The number of rotatable bonds is 7. The van der Waals surface area contributed by atoms with Crippen LogP contribution in [-0.4, -0.2) is 86.4 Å². The van der Waals surface area contributed by atoms with Crippen LogP contribution < -0.4 is 10.6 Å². The van der Waals surface area contributed by atoms with Gasteiger partial charge >= 0.3 is 27.5 Å². The molecule has 0 aromatic heterocycles. The van der Waals surface area contributed by atoms with Gasteiger partial charge in [0.15, 0.2) is 0 Å².